The second kappa shape index (κ2) is 6.46. The predicted octanol–water partition coefficient (Wildman–Crippen LogP) is 0.345. The monoisotopic (exact) mass is 310 g/mol. The number of nitrogens with zero attached hydrogens (tertiary/aromatic N) is 3. The number of rotatable bonds is 7. The molecule has 8 nitrogen and oxygen atoms in total. The van der Waals surface area contributed by atoms with E-state index in [2.05, 4.69) is 14.8 Å². The van der Waals surface area contributed by atoms with Gasteiger partial charge >= 0.3 is 5.97 Å². The summed E-state index contributed by atoms with van der Waals surface area (Å²) in [6.07, 6.45) is 5.06. The number of sulfonamides is 1. The highest BCUT2D eigenvalue weighted by molar-refractivity contribution is 7.89. The third-order valence-electron chi connectivity index (χ3n) is 2.68. The summed E-state index contributed by atoms with van der Waals surface area (Å²) in [5, 5.41) is 12.7. The van der Waals surface area contributed by atoms with E-state index in [1.807, 2.05) is 0 Å². The van der Waals surface area contributed by atoms with Crippen LogP contribution in [0, 0.1) is 0 Å². The quantitative estimate of drug-likeness (QED) is 0.713. The minimum absolute atomic E-state index is 0.0633. The standard InChI is InChI=1S/C12H14N4O4S/c17-12(18)11-4-3-10(9-13-11)21(19,20)15-6-2-8-16-7-1-5-14-16/h1,3-5,7,9,15H,2,6,8H2,(H,17,18). The van der Waals surface area contributed by atoms with Crippen molar-refractivity contribution in [1.82, 2.24) is 19.5 Å². The van der Waals surface area contributed by atoms with E-state index in [0.29, 0.717) is 13.0 Å². The van der Waals surface area contributed by atoms with E-state index in [1.54, 1.807) is 23.1 Å². The SMILES string of the molecule is O=C(O)c1ccc(S(=O)(=O)NCCCn2cccn2)cn1. The summed E-state index contributed by atoms with van der Waals surface area (Å²) in [5.41, 5.74) is -0.201. The van der Waals surface area contributed by atoms with E-state index >= 15 is 0 Å². The van der Waals surface area contributed by atoms with Gasteiger partial charge in [0.1, 0.15) is 10.6 Å². The second-order valence-electron chi connectivity index (χ2n) is 4.20. The molecular weight excluding hydrogens is 296 g/mol. The van der Waals surface area contributed by atoms with Gasteiger partial charge in [-0.05, 0) is 24.6 Å². The Morgan fingerprint density at radius 2 is 2.19 bits per heavy atom. The first-order valence-corrected chi connectivity index (χ1v) is 7.64. The van der Waals surface area contributed by atoms with Crippen LogP contribution in [0.3, 0.4) is 0 Å². The predicted molar refractivity (Wildman–Crippen MR) is 73.2 cm³/mol. The number of aromatic carboxylic acids is 1. The maximum atomic E-state index is 12.0. The Hall–Kier alpha value is -2.26. The zero-order chi connectivity index (χ0) is 15.3. The molecule has 0 atom stereocenters. The van der Waals surface area contributed by atoms with Gasteiger partial charge in [0.25, 0.3) is 0 Å². The molecule has 2 aromatic heterocycles. The molecule has 2 aromatic rings. The molecular formula is C12H14N4O4S. The van der Waals surface area contributed by atoms with Crippen molar-refractivity contribution in [3.05, 3.63) is 42.5 Å². The van der Waals surface area contributed by atoms with Crippen molar-refractivity contribution in [3.63, 3.8) is 0 Å². The van der Waals surface area contributed by atoms with Crippen LogP contribution < -0.4 is 4.72 Å². The number of aromatic nitrogens is 3. The molecule has 0 aliphatic heterocycles. The van der Waals surface area contributed by atoms with Gasteiger partial charge in [-0.25, -0.2) is 22.9 Å². The second-order valence-corrected chi connectivity index (χ2v) is 5.97. The van der Waals surface area contributed by atoms with E-state index < -0.39 is 16.0 Å². The van der Waals surface area contributed by atoms with Crippen LogP contribution in [-0.2, 0) is 16.6 Å². The lowest BCUT2D eigenvalue weighted by atomic mass is 10.4. The maximum Gasteiger partial charge on any atom is 0.354 e. The molecule has 0 aliphatic rings. The molecule has 0 amide bonds. The summed E-state index contributed by atoms with van der Waals surface area (Å²) in [7, 11) is -3.68. The Balaban J connectivity index is 1.90. The zero-order valence-corrected chi connectivity index (χ0v) is 11.8. The Kier molecular flexibility index (Phi) is 4.66. The molecule has 2 rings (SSSR count). The van der Waals surface area contributed by atoms with E-state index in [1.165, 1.54) is 6.07 Å². The number of aryl methyl sites for hydroxylation is 1. The Morgan fingerprint density at radius 1 is 1.38 bits per heavy atom. The summed E-state index contributed by atoms with van der Waals surface area (Å²) in [6.45, 7) is 0.856. The first kappa shape index (κ1) is 15.1. The summed E-state index contributed by atoms with van der Waals surface area (Å²) >= 11 is 0. The molecule has 0 bridgehead atoms. The van der Waals surface area contributed by atoms with Crippen LogP contribution in [-0.4, -0.2) is 40.8 Å². The van der Waals surface area contributed by atoms with Crippen molar-refractivity contribution in [2.75, 3.05) is 6.54 Å². The fourth-order valence-electron chi connectivity index (χ4n) is 1.63. The van der Waals surface area contributed by atoms with Crippen LogP contribution in [0.25, 0.3) is 0 Å². The number of carboxylic acid groups (broad SMARTS) is 1. The van der Waals surface area contributed by atoms with Gasteiger partial charge in [0.15, 0.2) is 0 Å². The Labute approximate surface area is 121 Å². The van der Waals surface area contributed by atoms with Gasteiger partial charge < -0.3 is 5.11 Å². The molecule has 0 saturated heterocycles. The fraction of sp³-hybridized carbons (Fsp3) is 0.250. The number of pyridine rings is 1. The first-order chi connectivity index (χ1) is 9.99. The largest absolute Gasteiger partial charge is 0.477 e. The van der Waals surface area contributed by atoms with E-state index in [4.69, 9.17) is 5.11 Å². The molecule has 0 aromatic carbocycles. The highest BCUT2D eigenvalue weighted by Crippen LogP contribution is 2.07. The van der Waals surface area contributed by atoms with Crippen molar-refractivity contribution < 1.29 is 18.3 Å². The van der Waals surface area contributed by atoms with Crippen LogP contribution in [0.2, 0.25) is 0 Å². The van der Waals surface area contributed by atoms with Crippen molar-refractivity contribution in [2.24, 2.45) is 0 Å². The van der Waals surface area contributed by atoms with E-state index in [0.717, 1.165) is 12.3 Å². The number of carbonyl (C=O) groups is 1. The minimum Gasteiger partial charge on any atom is -0.477 e. The van der Waals surface area contributed by atoms with Crippen LogP contribution in [0.4, 0.5) is 0 Å². The Morgan fingerprint density at radius 3 is 2.76 bits per heavy atom. The molecule has 112 valence electrons. The molecule has 0 fully saturated rings. The zero-order valence-electron chi connectivity index (χ0n) is 11.0. The van der Waals surface area contributed by atoms with Gasteiger partial charge in [-0.2, -0.15) is 5.10 Å². The lowest BCUT2D eigenvalue weighted by Gasteiger charge is -2.06. The highest BCUT2D eigenvalue weighted by atomic mass is 32.2. The summed E-state index contributed by atoms with van der Waals surface area (Å²) in [4.78, 5) is 14.2. The van der Waals surface area contributed by atoms with Crippen LogP contribution >= 0.6 is 0 Å². The van der Waals surface area contributed by atoms with Crippen LogP contribution in [0.5, 0.6) is 0 Å². The van der Waals surface area contributed by atoms with Crippen molar-refractivity contribution in [2.45, 2.75) is 17.9 Å². The van der Waals surface area contributed by atoms with Gasteiger partial charge in [0.05, 0.1) is 0 Å². The van der Waals surface area contributed by atoms with Gasteiger partial charge in [-0.15, -0.1) is 0 Å². The topological polar surface area (TPSA) is 114 Å². The summed E-state index contributed by atoms with van der Waals surface area (Å²) < 4.78 is 28.0. The smallest absolute Gasteiger partial charge is 0.354 e. The fourth-order valence-corrected chi connectivity index (χ4v) is 2.65. The average molecular weight is 310 g/mol. The molecule has 21 heavy (non-hydrogen) atoms. The molecule has 2 N–H and O–H groups in total. The number of nitrogens with one attached hydrogen (secondary N) is 1. The minimum atomic E-state index is -3.68. The summed E-state index contributed by atoms with van der Waals surface area (Å²) in [5.74, 6) is -1.20. The van der Waals surface area contributed by atoms with Gasteiger partial charge in [-0.3, -0.25) is 4.68 Å². The molecule has 0 saturated carbocycles. The number of hydrogen-bond donors (Lipinski definition) is 2. The van der Waals surface area contributed by atoms with Crippen LogP contribution in [0.15, 0.2) is 41.7 Å². The van der Waals surface area contributed by atoms with E-state index in [9.17, 15) is 13.2 Å². The lowest BCUT2D eigenvalue weighted by Crippen LogP contribution is -2.26. The Bertz CT molecular complexity index is 695. The molecule has 0 radical (unpaired) electrons. The summed E-state index contributed by atoms with van der Waals surface area (Å²) in [6, 6.07) is 4.16. The average Bonchev–Trinajstić information content (AvgIpc) is 2.97. The molecule has 0 spiro atoms. The van der Waals surface area contributed by atoms with Crippen LogP contribution in [0.1, 0.15) is 16.9 Å². The third-order valence-corrected chi connectivity index (χ3v) is 4.13. The van der Waals surface area contributed by atoms with E-state index in [-0.39, 0.29) is 17.1 Å². The van der Waals surface area contributed by atoms with Crippen molar-refractivity contribution in [1.29, 1.82) is 0 Å². The highest BCUT2D eigenvalue weighted by Gasteiger charge is 2.15. The van der Waals surface area contributed by atoms with Crippen molar-refractivity contribution >= 4 is 16.0 Å². The van der Waals surface area contributed by atoms with Gasteiger partial charge in [0.2, 0.25) is 10.0 Å². The number of hydrogen-bond acceptors (Lipinski definition) is 5. The maximum absolute atomic E-state index is 12.0. The normalized spacial score (nSPS) is 11.4. The van der Waals surface area contributed by atoms with Gasteiger partial charge in [-0.1, -0.05) is 0 Å². The molecule has 9 heteroatoms. The molecule has 0 aliphatic carbocycles. The molecule has 2 heterocycles. The third kappa shape index (κ3) is 4.10. The number of carboxylic acids is 1. The molecule has 0 unspecified atom stereocenters. The van der Waals surface area contributed by atoms with Gasteiger partial charge in [0, 0.05) is 31.7 Å². The first-order valence-electron chi connectivity index (χ1n) is 6.15. The lowest BCUT2D eigenvalue weighted by molar-refractivity contribution is 0.0690. The van der Waals surface area contributed by atoms with Crippen molar-refractivity contribution in [3.8, 4) is 0 Å².